The molecule has 2 heterocycles. The normalized spacial score (nSPS) is 13.8. The van der Waals surface area contributed by atoms with Crippen LogP contribution < -0.4 is 4.90 Å². The minimum absolute atomic E-state index is 0.230. The van der Waals surface area contributed by atoms with Crippen LogP contribution in [0.5, 0.6) is 0 Å². The summed E-state index contributed by atoms with van der Waals surface area (Å²) in [6, 6.07) is 8.24. The van der Waals surface area contributed by atoms with Gasteiger partial charge in [0, 0.05) is 12.2 Å². The average Bonchev–Trinajstić information content (AvgIpc) is 2.53. The Morgan fingerprint density at radius 2 is 2.15 bits per heavy atom. The number of esters is 1. The third-order valence-corrected chi connectivity index (χ3v) is 3.40. The molecule has 0 radical (unpaired) electrons. The lowest BCUT2D eigenvalue weighted by Crippen LogP contribution is -2.26. The molecule has 0 saturated heterocycles. The molecule has 1 aromatic heterocycles. The number of anilines is 2. The van der Waals surface area contributed by atoms with Gasteiger partial charge in [-0.05, 0) is 24.5 Å². The molecule has 0 bridgehead atoms. The van der Waals surface area contributed by atoms with E-state index >= 15 is 0 Å². The van der Waals surface area contributed by atoms with Gasteiger partial charge in [0.2, 0.25) is 0 Å². The zero-order valence-electron chi connectivity index (χ0n) is 11.2. The molecule has 0 atom stereocenters. The van der Waals surface area contributed by atoms with Crippen LogP contribution >= 0.6 is 0 Å². The maximum atomic E-state index is 11.6. The number of methoxy groups -OCH3 is 1. The first-order valence-electron chi connectivity index (χ1n) is 6.55. The number of nitrogens with zero attached hydrogens (tertiary/aromatic N) is 3. The standard InChI is InChI=1S/C15H15N3O2/c1-20-15(19)12-9-16-10-14(17-12)18-8-4-6-11-5-2-3-7-13(11)18/h2-3,5,7,9-10H,4,6,8H2,1H3. The van der Waals surface area contributed by atoms with E-state index in [0.717, 1.165) is 25.1 Å². The van der Waals surface area contributed by atoms with Gasteiger partial charge in [0.25, 0.3) is 0 Å². The number of para-hydroxylation sites is 1. The second-order valence-electron chi connectivity index (χ2n) is 4.64. The van der Waals surface area contributed by atoms with Gasteiger partial charge in [0.15, 0.2) is 11.5 Å². The second kappa shape index (κ2) is 5.28. The van der Waals surface area contributed by atoms with Crippen molar-refractivity contribution in [2.45, 2.75) is 12.8 Å². The summed E-state index contributed by atoms with van der Waals surface area (Å²) in [7, 11) is 1.34. The van der Waals surface area contributed by atoms with Gasteiger partial charge in [0.1, 0.15) is 0 Å². The molecule has 5 heteroatoms. The highest BCUT2D eigenvalue weighted by molar-refractivity contribution is 5.87. The Hall–Kier alpha value is -2.43. The molecule has 0 unspecified atom stereocenters. The smallest absolute Gasteiger partial charge is 0.358 e. The Morgan fingerprint density at radius 3 is 3.00 bits per heavy atom. The Kier molecular flexibility index (Phi) is 3.33. The zero-order valence-corrected chi connectivity index (χ0v) is 11.2. The van der Waals surface area contributed by atoms with Crippen LogP contribution in [0.2, 0.25) is 0 Å². The van der Waals surface area contributed by atoms with Crippen LogP contribution in [0, 0.1) is 0 Å². The van der Waals surface area contributed by atoms with Gasteiger partial charge in [-0.3, -0.25) is 4.98 Å². The van der Waals surface area contributed by atoms with E-state index in [-0.39, 0.29) is 5.69 Å². The first-order chi connectivity index (χ1) is 9.79. The number of carbonyl (C=O) groups is 1. The van der Waals surface area contributed by atoms with Crippen molar-refractivity contribution in [2.75, 3.05) is 18.6 Å². The minimum Gasteiger partial charge on any atom is -0.464 e. The number of rotatable bonds is 2. The van der Waals surface area contributed by atoms with Crippen LogP contribution in [-0.2, 0) is 11.2 Å². The predicted molar refractivity (Wildman–Crippen MR) is 75.1 cm³/mol. The Labute approximate surface area is 117 Å². The van der Waals surface area contributed by atoms with E-state index in [9.17, 15) is 4.79 Å². The Bertz CT molecular complexity index is 643. The zero-order chi connectivity index (χ0) is 13.9. The number of fused-ring (bicyclic) bond motifs is 1. The molecule has 0 aliphatic carbocycles. The molecule has 20 heavy (non-hydrogen) atoms. The summed E-state index contributed by atoms with van der Waals surface area (Å²) in [5, 5.41) is 0. The van der Waals surface area contributed by atoms with E-state index in [0.29, 0.717) is 5.82 Å². The minimum atomic E-state index is -0.468. The number of benzene rings is 1. The highest BCUT2D eigenvalue weighted by atomic mass is 16.5. The van der Waals surface area contributed by atoms with Crippen LogP contribution in [0.1, 0.15) is 22.5 Å². The lowest BCUT2D eigenvalue weighted by Gasteiger charge is -2.30. The summed E-state index contributed by atoms with van der Waals surface area (Å²) in [4.78, 5) is 22.1. The fourth-order valence-corrected chi connectivity index (χ4v) is 2.46. The maximum Gasteiger partial charge on any atom is 0.358 e. The molecule has 2 aromatic rings. The summed E-state index contributed by atoms with van der Waals surface area (Å²) in [6.45, 7) is 0.871. The van der Waals surface area contributed by atoms with Gasteiger partial charge in [-0.15, -0.1) is 0 Å². The highest BCUT2D eigenvalue weighted by Gasteiger charge is 2.20. The van der Waals surface area contributed by atoms with Crippen molar-refractivity contribution in [2.24, 2.45) is 0 Å². The lowest BCUT2D eigenvalue weighted by atomic mass is 10.0. The van der Waals surface area contributed by atoms with Crippen molar-refractivity contribution in [1.82, 2.24) is 9.97 Å². The van der Waals surface area contributed by atoms with Crippen molar-refractivity contribution in [1.29, 1.82) is 0 Å². The Morgan fingerprint density at radius 1 is 1.30 bits per heavy atom. The Balaban J connectivity index is 2.00. The number of ether oxygens (including phenoxy) is 1. The van der Waals surface area contributed by atoms with E-state index in [1.807, 2.05) is 12.1 Å². The first kappa shape index (κ1) is 12.6. The molecular formula is C15H15N3O2. The van der Waals surface area contributed by atoms with Crippen LogP contribution in [0.4, 0.5) is 11.5 Å². The quantitative estimate of drug-likeness (QED) is 0.783. The van der Waals surface area contributed by atoms with Crippen molar-refractivity contribution in [3.63, 3.8) is 0 Å². The number of aromatic nitrogens is 2. The SMILES string of the molecule is COC(=O)c1cncc(N2CCCc3ccccc32)n1. The molecule has 0 spiro atoms. The largest absolute Gasteiger partial charge is 0.464 e. The first-order valence-corrected chi connectivity index (χ1v) is 6.55. The summed E-state index contributed by atoms with van der Waals surface area (Å²) in [5.74, 6) is 0.213. The van der Waals surface area contributed by atoms with Crippen molar-refractivity contribution < 1.29 is 9.53 Å². The summed E-state index contributed by atoms with van der Waals surface area (Å²) in [5.41, 5.74) is 2.66. The van der Waals surface area contributed by atoms with Crippen LogP contribution in [0.3, 0.4) is 0 Å². The highest BCUT2D eigenvalue weighted by Crippen LogP contribution is 2.31. The van der Waals surface area contributed by atoms with E-state index in [1.165, 1.54) is 18.9 Å². The van der Waals surface area contributed by atoms with Crippen molar-refractivity contribution in [3.8, 4) is 0 Å². The van der Waals surface area contributed by atoms with Gasteiger partial charge in [-0.2, -0.15) is 0 Å². The number of aryl methyl sites for hydroxylation is 1. The summed E-state index contributed by atoms with van der Waals surface area (Å²) in [6.07, 6.45) is 5.22. The van der Waals surface area contributed by atoms with Gasteiger partial charge >= 0.3 is 5.97 Å². The third kappa shape index (κ3) is 2.22. The number of carbonyl (C=O) groups excluding carboxylic acids is 1. The average molecular weight is 269 g/mol. The molecule has 1 aliphatic rings. The molecule has 0 amide bonds. The molecule has 0 saturated carbocycles. The molecular weight excluding hydrogens is 254 g/mol. The predicted octanol–water partition coefficient (Wildman–Crippen LogP) is 2.35. The fourth-order valence-electron chi connectivity index (χ4n) is 2.46. The molecule has 1 aliphatic heterocycles. The third-order valence-electron chi connectivity index (χ3n) is 3.40. The van der Waals surface area contributed by atoms with E-state index < -0.39 is 5.97 Å². The fraction of sp³-hybridized carbons (Fsp3) is 0.267. The molecule has 0 fully saturated rings. The molecule has 0 N–H and O–H groups in total. The molecule has 5 nitrogen and oxygen atoms in total. The summed E-state index contributed by atoms with van der Waals surface area (Å²) < 4.78 is 4.69. The van der Waals surface area contributed by atoms with E-state index in [1.54, 1.807) is 6.20 Å². The van der Waals surface area contributed by atoms with Crippen molar-refractivity contribution >= 4 is 17.5 Å². The van der Waals surface area contributed by atoms with Gasteiger partial charge < -0.3 is 9.64 Å². The van der Waals surface area contributed by atoms with Crippen LogP contribution in [0.15, 0.2) is 36.7 Å². The molecule has 1 aromatic carbocycles. The second-order valence-corrected chi connectivity index (χ2v) is 4.64. The van der Waals surface area contributed by atoms with Gasteiger partial charge in [-0.25, -0.2) is 9.78 Å². The summed E-state index contributed by atoms with van der Waals surface area (Å²) >= 11 is 0. The van der Waals surface area contributed by atoms with E-state index in [4.69, 9.17) is 0 Å². The lowest BCUT2D eigenvalue weighted by molar-refractivity contribution is 0.0593. The van der Waals surface area contributed by atoms with Crippen LogP contribution in [-0.4, -0.2) is 29.6 Å². The van der Waals surface area contributed by atoms with Gasteiger partial charge in [-0.1, -0.05) is 18.2 Å². The monoisotopic (exact) mass is 269 g/mol. The number of hydrogen-bond donors (Lipinski definition) is 0. The topological polar surface area (TPSA) is 55.3 Å². The van der Waals surface area contributed by atoms with E-state index in [2.05, 4.69) is 31.7 Å². The molecule has 3 rings (SSSR count). The maximum absolute atomic E-state index is 11.6. The molecule has 102 valence electrons. The van der Waals surface area contributed by atoms with Gasteiger partial charge in [0.05, 0.1) is 19.5 Å². The van der Waals surface area contributed by atoms with Crippen molar-refractivity contribution in [3.05, 3.63) is 47.9 Å². The van der Waals surface area contributed by atoms with Crippen LogP contribution in [0.25, 0.3) is 0 Å². The number of hydrogen-bond acceptors (Lipinski definition) is 5.